The number of anilines is 1. The molecule has 0 aliphatic rings. The summed E-state index contributed by atoms with van der Waals surface area (Å²) >= 11 is 0. The Labute approximate surface area is 144 Å². The van der Waals surface area contributed by atoms with Gasteiger partial charge in [0.25, 0.3) is 0 Å². The summed E-state index contributed by atoms with van der Waals surface area (Å²) in [7, 11) is 0. The van der Waals surface area contributed by atoms with Gasteiger partial charge in [-0.2, -0.15) is 0 Å². The predicted octanol–water partition coefficient (Wildman–Crippen LogP) is 4.80. The van der Waals surface area contributed by atoms with Crippen LogP contribution in [0.3, 0.4) is 0 Å². The van der Waals surface area contributed by atoms with Gasteiger partial charge in [0, 0.05) is 12.2 Å². The van der Waals surface area contributed by atoms with Gasteiger partial charge in [-0.05, 0) is 49.6 Å². The van der Waals surface area contributed by atoms with Gasteiger partial charge in [-0.25, -0.2) is 4.79 Å². The molecule has 2 aromatic rings. The van der Waals surface area contributed by atoms with Crippen LogP contribution in [0.15, 0.2) is 42.5 Å². The maximum atomic E-state index is 12.0. The van der Waals surface area contributed by atoms with Gasteiger partial charge in [0.05, 0.1) is 6.61 Å². The van der Waals surface area contributed by atoms with Crippen LogP contribution in [0.2, 0.25) is 0 Å². The summed E-state index contributed by atoms with van der Waals surface area (Å²) in [5.41, 5.74) is 4.06. The zero-order chi connectivity index (χ0) is 17.4. The zero-order valence-electron chi connectivity index (χ0n) is 14.7. The van der Waals surface area contributed by atoms with E-state index >= 15 is 0 Å². The van der Waals surface area contributed by atoms with E-state index < -0.39 is 0 Å². The standard InChI is InChI=1S/C20H26N2O2/c1-4-5-12-24-18-10-11-19(16(3)13-18)22-20(23)21-14-17-8-6-15(2)7-9-17/h6-11,13H,4-5,12,14H2,1-3H3,(H2,21,22,23). The van der Waals surface area contributed by atoms with Crippen molar-refractivity contribution in [2.24, 2.45) is 0 Å². The minimum atomic E-state index is -0.210. The van der Waals surface area contributed by atoms with Gasteiger partial charge in [-0.3, -0.25) is 0 Å². The van der Waals surface area contributed by atoms with Crippen LogP contribution in [0.4, 0.5) is 10.5 Å². The molecular formula is C20H26N2O2. The lowest BCUT2D eigenvalue weighted by atomic mass is 10.1. The average Bonchev–Trinajstić information content (AvgIpc) is 2.57. The maximum absolute atomic E-state index is 12.0. The Bertz CT molecular complexity index is 666. The quantitative estimate of drug-likeness (QED) is 0.718. The Hall–Kier alpha value is -2.49. The van der Waals surface area contributed by atoms with E-state index in [0.717, 1.165) is 42.0 Å². The van der Waals surface area contributed by atoms with Crippen LogP contribution in [-0.2, 0) is 6.54 Å². The minimum absolute atomic E-state index is 0.210. The number of benzene rings is 2. The van der Waals surface area contributed by atoms with Gasteiger partial charge in [-0.1, -0.05) is 43.2 Å². The number of carbonyl (C=O) groups excluding carboxylic acids is 1. The first kappa shape index (κ1) is 17.9. The number of ether oxygens (including phenoxy) is 1. The number of amides is 2. The lowest BCUT2D eigenvalue weighted by Gasteiger charge is -2.12. The van der Waals surface area contributed by atoms with Crippen LogP contribution < -0.4 is 15.4 Å². The third-order valence-corrected chi connectivity index (χ3v) is 3.79. The summed E-state index contributed by atoms with van der Waals surface area (Å²) in [5, 5.41) is 5.75. The van der Waals surface area contributed by atoms with Gasteiger partial charge in [0.2, 0.25) is 0 Å². The number of aryl methyl sites for hydroxylation is 2. The second-order valence-electron chi connectivity index (χ2n) is 5.97. The van der Waals surface area contributed by atoms with Crippen molar-refractivity contribution in [2.75, 3.05) is 11.9 Å². The van der Waals surface area contributed by atoms with E-state index in [9.17, 15) is 4.79 Å². The number of rotatable bonds is 7. The molecule has 0 unspecified atom stereocenters. The maximum Gasteiger partial charge on any atom is 0.319 e. The van der Waals surface area contributed by atoms with Crippen molar-refractivity contribution in [3.05, 3.63) is 59.2 Å². The fraction of sp³-hybridized carbons (Fsp3) is 0.350. The first-order chi connectivity index (χ1) is 11.6. The third-order valence-electron chi connectivity index (χ3n) is 3.79. The van der Waals surface area contributed by atoms with Crippen molar-refractivity contribution in [1.82, 2.24) is 5.32 Å². The number of nitrogens with one attached hydrogen (secondary N) is 2. The van der Waals surface area contributed by atoms with Crippen molar-refractivity contribution in [3.63, 3.8) is 0 Å². The number of hydrogen-bond acceptors (Lipinski definition) is 2. The van der Waals surface area contributed by atoms with Crippen LogP contribution in [0, 0.1) is 13.8 Å². The molecule has 2 rings (SSSR count). The van der Waals surface area contributed by atoms with E-state index in [-0.39, 0.29) is 6.03 Å². The van der Waals surface area contributed by atoms with Gasteiger partial charge in [-0.15, -0.1) is 0 Å². The smallest absolute Gasteiger partial charge is 0.319 e. The average molecular weight is 326 g/mol. The second kappa shape index (κ2) is 8.96. The van der Waals surface area contributed by atoms with Gasteiger partial charge < -0.3 is 15.4 Å². The summed E-state index contributed by atoms with van der Waals surface area (Å²) < 4.78 is 5.67. The summed E-state index contributed by atoms with van der Waals surface area (Å²) in [4.78, 5) is 12.0. The van der Waals surface area contributed by atoms with E-state index in [1.54, 1.807) is 0 Å². The van der Waals surface area contributed by atoms with Crippen LogP contribution >= 0.6 is 0 Å². The van der Waals surface area contributed by atoms with E-state index in [1.807, 2.05) is 56.3 Å². The molecule has 0 heterocycles. The van der Waals surface area contributed by atoms with E-state index in [1.165, 1.54) is 5.56 Å². The Balaban J connectivity index is 1.85. The molecule has 0 spiro atoms. The van der Waals surface area contributed by atoms with E-state index in [2.05, 4.69) is 17.6 Å². The van der Waals surface area contributed by atoms with E-state index in [0.29, 0.717) is 6.54 Å². The molecule has 0 fully saturated rings. The molecule has 0 atom stereocenters. The molecule has 0 aromatic heterocycles. The van der Waals surface area contributed by atoms with Crippen LogP contribution in [-0.4, -0.2) is 12.6 Å². The number of unbranched alkanes of at least 4 members (excludes halogenated alkanes) is 1. The molecule has 2 aromatic carbocycles. The first-order valence-corrected chi connectivity index (χ1v) is 8.42. The fourth-order valence-electron chi connectivity index (χ4n) is 2.26. The van der Waals surface area contributed by atoms with Crippen molar-refractivity contribution >= 4 is 11.7 Å². The highest BCUT2D eigenvalue weighted by molar-refractivity contribution is 5.90. The lowest BCUT2D eigenvalue weighted by molar-refractivity contribution is 0.251. The number of carbonyl (C=O) groups is 1. The summed E-state index contributed by atoms with van der Waals surface area (Å²) in [6.45, 7) is 7.37. The van der Waals surface area contributed by atoms with Gasteiger partial charge in [0.1, 0.15) is 5.75 Å². The number of hydrogen-bond donors (Lipinski definition) is 2. The van der Waals surface area contributed by atoms with Crippen molar-refractivity contribution in [3.8, 4) is 5.75 Å². The van der Waals surface area contributed by atoms with Crippen molar-refractivity contribution in [1.29, 1.82) is 0 Å². The Morgan fingerprint density at radius 1 is 1.08 bits per heavy atom. The second-order valence-corrected chi connectivity index (χ2v) is 5.97. The minimum Gasteiger partial charge on any atom is -0.494 e. The van der Waals surface area contributed by atoms with Crippen molar-refractivity contribution < 1.29 is 9.53 Å². The van der Waals surface area contributed by atoms with Gasteiger partial charge >= 0.3 is 6.03 Å². The molecule has 4 nitrogen and oxygen atoms in total. The Kier molecular flexibility index (Phi) is 6.67. The van der Waals surface area contributed by atoms with Crippen molar-refractivity contribution in [2.45, 2.75) is 40.2 Å². The molecule has 128 valence electrons. The van der Waals surface area contributed by atoms with Crippen LogP contribution in [0.1, 0.15) is 36.5 Å². The molecule has 0 aliphatic heterocycles. The molecule has 0 radical (unpaired) electrons. The number of urea groups is 1. The van der Waals surface area contributed by atoms with Crippen LogP contribution in [0.5, 0.6) is 5.75 Å². The topological polar surface area (TPSA) is 50.4 Å². The lowest BCUT2D eigenvalue weighted by Crippen LogP contribution is -2.28. The first-order valence-electron chi connectivity index (χ1n) is 8.42. The third kappa shape index (κ3) is 5.61. The molecule has 4 heteroatoms. The normalized spacial score (nSPS) is 10.3. The summed E-state index contributed by atoms with van der Waals surface area (Å²) in [6.07, 6.45) is 2.15. The molecule has 0 bridgehead atoms. The SMILES string of the molecule is CCCCOc1ccc(NC(=O)NCc2ccc(C)cc2)c(C)c1. The Morgan fingerprint density at radius 3 is 2.50 bits per heavy atom. The largest absolute Gasteiger partial charge is 0.494 e. The van der Waals surface area contributed by atoms with Gasteiger partial charge in [0.15, 0.2) is 0 Å². The highest BCUT2D eigenvalue weighted by Gasteiger charge is 2.06. The highest BCUT2D eigenvalue weighted by Crippen LogP contribution is 2.21. The molecule has 0 saturated carbocycles. The predicted molar refractivity (Wildman–Crippen MR) is 98.6 cm³/mol. The molecule has 2 N–H and O–H groups in total. The molecular weight excluding hydrogens is 300 g/mol. The monoisotopic (exact) mass is 326 g/mol. The molecule has 0 saturated heterocycles. The molecule has 24 heavy (non-hydrogen) atoms. The summed E-state index contributed by atoms with van der Waals surface area (Å²) in [6, 6.07) is 13.6. The molecule has 0 aliphatic carbocycles. The zero-order valence-corrected chi connectivity index (χ0v) is 14.7. The Morgan fingerprint density at radius 2 is 1.83 bits per heavy atom. The molecule has 2 amide bonds. The van der Waals surface area contributed by atoms with Crippen LogP contribution in [0.25, 0.3) is 0 Å². The fourth-order valence-corrected chi connectivity index (χ4v) is 2.26. The van der Waals surface area contributed by atoms with E-state index in [4.69, 9.17) is 4.74 Å². The highest BCUT2D eigenvalue weighted by atomic mass is 16.5. The summed E-state index contributed by atoms with van der Waals surface area (Å²) in [5.74, 6) is 0.839.